The number of fused-ring (bicyclic) bond motifs is 1. The van der Waals surface area contributed by atoms with Crippen LogP contribution in [0.4, 0.5) is 0 Å². The fraction of sp³-hybridized carbons (Fsp3) is 0.353. The van der Waals surface area contributed by atoms with Crippen LogP contribution in [0.25, 0.3) is 11.1 Å². The lowest BCUT2D eigenvalue weighted by Crippen LogP contribution is -2.21. The van der Waals surface area contributed by atoms with Gasteiger partial charge in [0.05, 0.1) is 0 Å². The van der Waals surface area contributed by atoms with Gasteiger partial charge >= 0.3 is 0 Å². The van der Waals surface area contributed by atoms with E-state index in [0.29, 0.717) is 0 Å². The van der Waals surface area contributed by atoms with E-state index in [0.717, 1.165) is 18.3 Å². The van der Waals surface area contributed by atoms with E-state index in [-0.39, 0.29) is 0 Å². The summed E-state index contributed by atoms with van der Waals surface area (Å²) in [6, 6.07) is 12.9. The number of rotatable bonds is 1. The van der Waals surface area contributed by atoms with E-state index in [4.69, 9.17) is 0 Å². The molecule has 2 aromatic rings. The van der Waals surface area contributed by atoms with Crippen LogP contribution in [0.15, 0.2) is 42.6 Å². The summed E-state index contributed by atoms with van der Waals surface area (Å²) in [5.41, 5.74) is 5.26. The smallest absolute Gasteiger partial charge is 0.0438 e. The van der Waals surface area contributed by atoms with Crippen molar-refractivity contribution in [1.29, 1.82) is 0 Å². The highest BCUT2D eigenvalue weighted by Crippen LogP contribution is 2.31. The van der Waals surface area contributed by atoms with Crippen LogP contribution in [-0.2, 0) is 12.8 Å². The molecule has 0 saturated carbocycles. The zero-order chi connectivity index (χ0) is 12.5. The zero-order valence-corrected chi connectivity index (χ0v) is 11.1. The third-order valence-electron chi connectivity index (χ3n) is 4.20. The van der Waals surface area contributed by atoms with E-state index in [1.165, 1.54) is 28.8 Å². The molecule has 0 radical (unpaired) electrons. The van der Waals surface area contributed by atoms with Gasteiger partial charge in [-0.05, 0) is 41.9 Å². The van der Waals surface area contributed by atoms with Crippen molar-refractivity contribution in [3.63, 3.8) is 0 Å². The molecule has 1 aromatic heterocycles. The maximum atomic E-state index is 4.68. The first-order valence-electron chi connectivity index (χ1n) is 6.77. The molecule has 18 heavy (non-hydrogen) atoms. The highest BCUT2D eigenvalue weighted by Gasteiger charge is 2.22. The molecule has 1 heterocycles. The molecule has 2 atom stereocenters. The SMILES string of the molecule is CC1Cc2cc(-c3ccccc3)cnc2CC1C. The maximum absolute atomic E-state index is 4.68. The molecule has 0 saturated heterocycles. The van der Waals surface area contributed by atoms with Crippen LogP contribution in [0.1, 0.15) is 25.1 Å². The molecule has 1 aromatic carbocycles. The molecule has 1 aliphatic rings. The van der Waals surface area contributed by atoms with E-state index < -0.39 is 0 Å². The molecular weight excluding hydrogens is 218 g/mol. The zero-order valence-electron chi connectivity index (χ0n) is 11.1. The lowest BCUT2D eigenvalue weighted by molar-refractivity contribution is 0.356. The Morgan fingerprint density at radius 2 is 1.67 bits per heavy atom. The summed E-state index contributed by atoms with van der Waals surface area (Å²) in [5.74, 6) is 1.53. The normalized spacial score (nSPS) is 22.6. The van der Waals surface area contributed by atoms with Gasteiger partial charge in [-0.15, -0.1) is 0 Å². The second-order valence-corrected chi connectivity index (χ2v) is 5.56. The van der Waals surface area contributed by atoms with Crippen molar-refractivity contribution in [2.75, 3.05) is 0 Å². The Morgan fingerprint density at radius 3 is 2.44 bits per heavy atom. The molecule has 2 unspecified atom stereocenters. The lowest BCUT2D eigenvalue weighted by atomic mass is 9.79. The molecule has 1 nitrogen and oxygen atoms in total. The Bertz CT molecular complexity index is 545. The van der Waals surface area contributed by atoms with Crippen molar-refractivity contribution >= 4 is 0 Å². The van der Waals surface area contributed by atoms with Crippen LogP contribution in [0, 0.1) is 11.8 Å². The Hall–Kier alpha value is -1.63. The number of pyridine rings is 1. The summed E-state index contributed by atoms with van der Waals surface area (Å²) in [6.45, 7) is 4.68. The van der Waals surface area contributed by atoms with Gasteiger partial charge in [-0.25, -0.2) is 0 Å². The van der Waals surface area contributed by atoms with Crippen LogP contribution >= 0.6 is 0 Å². The van der Waals surface area contributed by atoms with Gasteiger partial charge in [0.2, 0.25) is 0 Å². The molecule has 1 aliphatic carbocycles. The van der Waals surface area contributed by atoms with E-state index in [2.05, 4.69) is 55.2 Å². The number of benzene rings is 1. The first-order valence-corrected chi connectivity index (χ1v) is 6.77. The van der Waals surface area contributed by atoms with Gasteiger partial charge in [-0.3, -0.25) is 4.98 Å². The second-order valence-electron chi connectivity index (χ2n) is 5.56. The van der Waals surface area contributed by atoms with Crippen LogP contribution in [0.2, 0.25) is 0 Å². The molecule has 0 amide bonds. The second kappa shape index (κ2) is 4.56. The van der Waals surface area contributed by atoms with E-state index in [9.17, 15) is 0 Å². The Labute approximate surface area is 109 Å². The molecule has 0 spiro atoms. The fourth-order valence-electron chi connectivity index (χ4n) is 2.74. The standard InChI is InChI=1S/C17H19N/c1-12-8-15-10-16(14-6-4-3-5-7-14)11-18-17(15)9-13(12)2/h3-7,10-13H,8-9H2,1-2H3. The Morgan fingerprint density at radius 1 is 0.944 bits per heavy atom. The lowest BCUT2D eigenvalue weighted by Gasteiger charge is -2.27. The summed E-state index contributed by atoms with van der Waals surface area (Å²) >= 11 is 0. The van der Waals surface area contributed by atoms with Crippen LogP contribution in [0.3, 0.4) is 0 Å². The molecule has 0 fully saturated rings. The Kier molecular flexibility index (Phi) is 2.91. The predicted molar refractivity (Wildman–Crippen MR) is 75.4 cm³/mol. The maximum Gasteiger partial charge on any atom is 0.0438 e. The van der Waals surface area contributed by atoms with Crippen LogP contribution in [0.5, 0.6) is 0 Å². The summed E-state index contributed by atoms with van der Waals surface area (Å²) in [6.07, 6.45) is 4.33. The minimum Gasteiger partial charge on any atom is -0.260 e. The largest absolute Gasteiger partial charge is 0.260 e. The average molecular weight is 237 g/mol. The molecule has 3 rings (SSSR count). The van der Waals surface area contributed by atoms with Gasteiger partial charge in [0.25, 0.3) is 0 Å². The van der Waals surface area contributed by atoms with E-state index in [1.54, 1.807) is 0 Å². The molecular formula is C17H19N. The van der Waals surface area contributed by atoms with Gasteiger partial charge in [-0.2, -0.15) is 0 Å². The van der Waals surface area contributed by atoms with Crippen molar-refractivity contribution in [3.05, 3.63) is 53.9 Å². The number of aromatic nitrogens is 1. The highest BCUT2D eigenvalue weighted by atomic mass is 14.7. The van der Waals surface area contributed by atoms with Crippen LogP contribution in [-0.4, -0.2) is 4.98 Å². The molecule has 1 heteroatoms. The monoisotopic (exact) mass is 237 g/mol. The quantitative estimate of drug-likeness (QED) is 0.727. The van der Waals surface area contributed by atoms with Gasteiger partial charge in [-0.1, -0.05) is 44.2 Å². The van der Waals surface area contributed by atoms with Crippen molar-refractivity contribution in [3.8, 4) is 11.1 Å². The van der Waals surface area contributed by atoms with Crippen molar-refractivity contribution in [1.82, 2.24) is 4.98 Å². The van der Waals surface area contributed by atoms with Gasteiger partial charge in [0, 0.05) is 17.5 Å². The molecule has 0 N–H and O–H groups in total. The van der Waals surface area contributed by atoms with Crippen molar-refractivity contribution < 1.29 is 0 Å². The summed E-state index contributed by atoms with van der Waals surface area (Å²) in [5, 5.41) is 0. The highest BCUT2D eigenvalue weighted by molar-refractivity contribution is 5.63. The van der Waals surface area contributed by atoms with Crippen molar-refractivity contribution in [2.24, 2.45) is 11.8 Å². The van der Waals surface area contributed by atoms with Crippen molar-refractivity contribution in [2.45, 2.75) is 26.7 Å². The number of hydrogen-bond acceptors (Lipinski definition) is 1. The summed E-state index contributed by atoms with van der Waals surface area (Å²) in [4.78, 5) is 4.68. The Balaban J connectivity index is 1.99. The minimum atomic E-state index is 0.757. The third-order valence-corrected chi connectivity index (χ3v) is 4.20. The van der Waals surface area contributed by atoms with Gasteiger partial charge in [0.1, 0.15) is 0 Å². The van der Waals surface area contributed by atoms with E-state index >= 15 is 0 Å². The topological polar surface area (TPSA) is 12.9 Å². The fourth-order valence-corrected chi connectivity index (χ4v) is 2.74. The first-order chi connectivity index (χ1) is 8.74. The molecule has 92 valence electrons. The minimum absolute atomic E-state index is 0.757. The summed E-state index contributed by atoms with van der Waals surface area (Å²) in [7, 11) is 0. The third kappa shape index (κ3) is 2.05. The number of hydrogen-bond donors (Lipinski definition) is 0. The van der Waals surface area contributed by atoms with Gasteiger partial charge in [0.15, 0.2) is 0 Å². The predicted octanol–water partition coefficient (Wildman–Crippen LogP) is 4.12. The van der Waals surface area contributed by atoms with Crippen LogP contribution < -0.4 is 0 Å². The molecule has 0 aliphatic heterocycles. The average Bonchev–Trinajstić information content (AvgIpc) is 2.41. The first kappa shape index (κ1) is 11.5. The summed E-state index contributed by atoms with van der Waals surface area (Å²) < 4.78 is 0. The van der Waals surface area contributed by atoms with E-state index in [1.807, 2.05) is 6.20 Å². The molecule has 0 bridgehead atoms. The van der Waals surface area contributed by atoms with Gasteiger partial charge < -0.3 is 0 Å². The number of nitrogens with zero attached hydrogens (tertiary/aromatic N) is 1.